The molecule has 0 atom stereocenters. The number of halogens is 2. The standard InChI is InChI=1S/C11H11Cl2N3OS/c1-16(5-7-3-4-8(12)18-7)11-9(17-2)10(13)14-6-15-11/h3-4,6H,5H2,1-2H3. The molecule has 0 aliphatic heterocycles. The van der Waals surface area contributed by atoms with Crippen molar-refractivity contribution in [2.75, 3.05) is 19.1 Å². The highest BCUT2D eigenvalue weighted by molar-refractivity contribution is 7.16. The van der Waals surface area contributed by atoms with Crippen LogP contribution in [0.25, 0.3) is 0 Å². The van der Waals surface area contributed by atoms with E-state index in [1.165, 1.54) is 17.7 Å². The minimum absolute atomic E-state index is 0.304. The van der Waals surface area contributed by atoms with Crippen LogP contribution in [0.2, 0.25) is 9.49 Å². The lowest BCUT2D eigenvalue weighted by Crippen LogP contribution is -2.18. The minimum atomic E-state index is 0.304. The second-order valence-electron chi connectivity index (χ2n) is 3.58. The molecule has 0 saturated carbocycles. The first kappa shape index (κ1) is 13.4. The summed E-state index contributed by atoms with van der Waals surface area (Å²) in [5.41, 5.74) is 0. The van der Waals surface area contributed by atoms with Gasteiger partial charge in [-0.1, -0.05) is 23.2 Å². The zero-order chi connectivity index (χ0) is 13.1. The van der Waals surface area contributed by atoms with Crippen LogP contribution in [0, 0.1) is 0 Å². The van der Waals surface area contributed by atoms with Crippen LogP contribution in [0.3, 0.4) is 0 Å². The smallest absolute Gasteiger partial charge is 0.199 e. The molecule has 96 valence electrons. The normalized spacial score (nSPS) is 10.4. The van der Waals surface area contributed by atoms with Crippen LogP contribution in [0.5, 0.6) is 5.75 Å². The van der Waals surface area contributed by atoms with Crippen molar-refractivity contribution in [3.8, 4) is 5.75 Å². The summed E-state index contributed by atoms with van der Waals surface area (Å²) in [6.07, 6.45) is 1.41. The molecule has 0 aromatic carbocycles. The molecule has 2 aromatic heterocycles. The third-order valence-electron chi connectivity index (χ3n) is 2.33. The second kappa shape index (κ2) is 5.73. The van der Waals surface area contributed by atoms with Gasteiger partial charge < -0.3 is 9.64 Å². The zero-order valence-electron chi connectivity index (χ0n) is 9.85. The molecule has 0 spiro atoms. The van der Waals surface area contributed by atoms with Crippen LogP contribution < -0.4 is 9.64 Å². The summed E-state index contributed by atoms with van der Waals surface area (Å²) in [6, 6.07) is 3.86. The van der Waals surface area contributed by atoms with Gasteiger partial charge >= 0.3 is 0 Å². The summed E-state index contributed by atoms with van der Waals surface area (Å²) in [5.74, 6) is 1.13. The number of hydrogen-bond acceptors (Lipinski definition) is 5. The highest BCUT2D eigenvalue weighted by Crippen LogP contribution is 2.32. The van der Waals surface area contributed by atoms with Crippen molar-refractivity contribution < 1.29 is 4.74 Å². The molecular weight excluding hydrogens is 293 g/mol. The summed E-state index contributed by atoms with van der Waals surface area (Å²) < 4.78 is 5.99. The van der Waals surface area contributed by atoms with Gasteiger partial charge in [0.15, 0.2) is 16.7 Å². The maximum Gasteiger partial charge on any atom is 0.199 e. The molecule has 7 heteroatoms. The topological polar surface area (TPSA) is 38.3 Å². The summed E-state index contributed by atoms with van der Waals surface area (Å²) in [5, 5.41) is 0.304. The zero-order valence-corrected chi connectivity index (χ0v) is 12.2. The summed E-state index contributed by atoms with van der Waals surface area (Å²) in [6.45, 7) is 0.682. The van der Waals surface area contributed by atoms with Crippen LogP contribution in [0.1, 0.15) is 4.88 Å². The first-order chi connectivity index (χ1) is 8.61. The summed E-state index contributed by atoms with van der Waals surface area (Å²) in [7, 11) is 3.46. The van der Waals surface area contributed by atoms with Crippen molar-refractivity contribution in [3.63, 3.8) is 0 Å². The Morgan fingerprint density at radius 3 is 2.72 bits per heavy atom. The summed E-state index contributed by atoms with van der Waals surface area (Å²) in [4.78, 5) is 11.2. The number of ether oxygens (including phenoxy) is 1. The van der Waals surface area contributed by atoms with E-state index in [-0.39, 0.29) is 0 Å². The Bertz CT molecular complexity index is 547. The van der Waals surface area contributed by atoms with Crippen molar-refractivity contribution in [2.45, 2.75) is 6.54 Å². The van der Waals surface area contributed by atoms with Gasteiger partial charge in [0, 0.05) is 11.9 Å². The molecule has 2 heterocycles. The second-order valence-corrected chi connectivity index (χ2v) is 5.74. The average molecular weight is 304 g/mol. The molecule has 0 radical (unpaired) electrons. The molecule has 0 bridgehead atoms. The molecule has 0 fully saturated rings. The molecule has 4 nitrogen and oxygen atoms in total. The summed E-state index contributed by atoms with van der Waals surface area (Å²) >= 11 is 13.4. The Hall–Kier alpha value is -1.04. The number of rotatable bonds is 4. The predicted octanol–water partition coefficient (Wildman–Crippen LogP) is 3.49. The molecule has 2 rings (SSSR count). The molecule has 2 aromatic rings. The van der Waals surface area contributed by atoms with Crippen LogP contribution in [0.4, 0.5) is 5.82 Å². The number of nitrogens with zero attached hydrogens (tertiary/aromatic N) is 3. The molecule has 0 saturated heterocycles. The van der Waals surface area contributed by atoms with Gasteiger partial charge in [0.1, 0.15) is 6.33 Å². The van der Waals surface area contributed by atoms with Crippen molar-refractivity contribution in [3.05, 3.63) is 32.8 Å². The third-order valence-corrected chi connectivity index (χ3v) is 3.81. The van der Waals surface area contributed by atoms with Gasteiger partial charge in [0.2, 0.25) is 0 Å². The lowest BCUT2D eigenvalue weighted by atomic mass is 10.4. The number of hydrogen-bond donors (Lipinski definition) is 0. The van der Waals surface area contributed by atoms with Gasteiger partial charge in [0.25, 0.3) is 0 Å². The maximum absolute atomic E-state index is 5.96. The van der Waals surface area contributed by atoms with E-state index in [2.05, 4.69) is 9.97 Å². The quantitative estimate of drug-likeness (QED) is 0.810. The Balaban J connectivity index is 2.23. The van der Waals surface area contributed by atoms with E-state index in [4.69, 9.17) is 27.9 Å². The monoisotopic (exact) mass is 303 g/mol. The largest absolute Gasteiger partial charge is 0.490 e. The van der Waals surface area contributed by atoms with Gasteiger partial charge in [-0.3, -0.25) is 0 Å². The van der Waals surface area contributed by atoms with E-state index in [9.17, 15) is 0 Å². The molecule has 0 aliphatic rings. The van der Waals surface area contributed by atoms with Crippen LogP contribution >= 0.6 is 34.5 Å². The van der Waals surface area contributed by atoms with Crippen molar-refractivity contribution in [1.29, 1.82) is 0 Å². The number of aromatic nitrogens is 2. The van der Waals surface area contributed by atoms with Gasteiger partial charge in [-0.05, 0) is 12.1 Å². The number of anilines is 1. The first-order valence-corrected chi connectivity index (χ1v) is 6.69. The van der Waals surface area contributed by atoms with Gasteiger partial charge in [-0.2, -0.15) is 0 Å². The fraction of sp³-hybridized carbons (Fsp3) is 0.273. The van der Waals surface area contributed by atoms with Gasteiger partial charge in [0.05, 0.1) is 18.0 Å². The van der Waals surface area contributed by atoms with Crippen LogP contribution in [0.15, 0.2) is 18.5 Å². The van der Waals surface area contributed by atoms with Crippen molar-refractivity contribution in [1.82, 2.24) is 9.97 Å². The van der Waals surface area contributed by atoms with E-state index < -0.39 is 0 Å². The Kier molecular flexibility index (Phi) is 4.27. The van der Waals surface area contributed by atoms with E-state index in [1.54, 1.807) is 7.11 Å². The van der Waals surface area contributed by atoms with E-state index in [1.807, 2.05) is 24.1 Å². The first-order valence-electron chi connectivity index (χ1n) is 5.11. The van der Waals surface area contributed by atoms with Crippen LogP contribution in [-0.4, -0.2) is 24.1 Å². The van der Waals surface area contributed by atoms with Crippen molar-refractivity contribution >= 4 is 40.4 Å². The Morgan fingerprint density at radius 2 is 2.11 bits per heavy atom. The average Bonchev–Trinajstić information content (AvgIpc) is 2.74. The van der Waals surface area contributed by atoms with Crippen molar-refractivity contribution in [2.24, 2.45) is 0 Å². The minimum Gasteiger partial charge on any atom is -0.490 e. The molecule has 18 heavy (non-hydrogen) atoms. The third kappa shape index (κ3) is 2.85. The van der Waals surface area contributed by atoms with Gasteiger partial charge in [-0.25, -0.2) is 9.97 Å². The maximum atomic E-state index is 5.96. The van der Waals surface area contributed by atoms with Crippen LogP contribution in [-0.2, 0) is 6.54 Å². The SMILES string of the molecule is COc1c(Cl)ncnc1N(C)Cc1ccc(Cl)s1. The molecule has 0 aliphatic carbocycles. The Labute approximate surface area is 119 Å². The fourth-order valence-corrected chi connectivity index (χ4v) is 2.88. The highest BCUT2D eigenvalue weighted by atomic mass is 35.5. The lowest BCUT2D eigenvalue weighted by molar-refractivity contribution is 0.411. The van der Waals surface area contributed by atoms with E-state index >= 15 is 0 Å². The van der Waals surface area contributed by atoms with Gasteiger partial charge in [-0.15, -0.1) is 11.3 Å². The van der Waals surface area contributed by atoms with E-state index in [0.29, 0.717) is 23.3 Å². The molecule has 0 amide bonds. The molecule has 0 N–H and O–H groups in total. The number of thiophene rings is 1. The predicted molar refractivity (Wildman–Crippen MR) is 75.0 cm³/mol. The highest BCUT2D eigenvalue weighted by Gasteiger charge is 2.15. The molecule has 0 unspecified atom stereocenters. The number of methoxy groups -OCH3 is 1. The van der Waals surface area contributed by atoms with E-state index in [0.717, 1.165) is 9.21 Å². The Morgan fingerprint density at radius 1 is 1.33 bits per heavy atom. The fourth-order valence-electron chi connectivity index (χ4n) is 1.54. The molecular formula is C11H11Cl2N3OS. The lowest BCUT2D eigenvalue weighted by Gasteiger charge is -2.19.